The summed E-state index contributed by atoms with van der Waals surface area (Å²) in [6, 6.07) is 13.8. The summed E-state index contributed by atoms with van der Waals surface area (Å²) in [5.74, 6) is 0.277. The first-order valence-electron chi connectivity index (χ1n) is 8.50. The number of carbonyl (C=O) groups is 1. The van der Waals surface area contributed by atoms with Crippen LogP contribution in [0.5, 0.6) is 5.75 Å². The van der Waals surface area contributed by atoms with Crippen LogP contribution in [0.15, 0.2) is 42.5 Å². The highest BCUT2D eigenvalue weighted by Crippen LogP contribution is 2.40. The second kappa shape index (κ2) is 6.14. The van der Waals surface area contributed by atoms with Gasteiger partial charge in [0.05, 0.1) is 6.04 Å². The van der Waals surface area contributed by atoms with Gasteiger partial charge in [0.2, 0.25) is 5.91 Å². The van der Waals surface area contributed by atoms with Gasteiger partial charge >= 0.3 is 0 Å². The van der Waals surface area contributed by atoms with Crippen LogP contribution in [0.4, 0.5) is 0 Å². The number of hydrogen-bond acceptors (Lipinski definition) is 2. The average molecular weight is 342 g/mol. The molecule has 0 spiro atoms. The van der Waals surface area contributed by atoms with E-state index in [9.17, 15) is 9.90 Å². The first-order chi connectivity index (χ1) is 11.6. The van der Waals surface area contributed by atoms with Crippen molar-refractivity contribution in [3.8, 4) is 5.75 Å². The highest BCUT2D eigenvalue weighted by atomic mass is 35.5. The van der Waals surface area contributed by atoms with E-state index in [0.29, 0.717) is 17.0 Å². The van der Waals surface area contributed by atoms with Crippen molar-refractivity contribution >= 4 is 17.5 Å². The zero-order valence-corrected chi connectivity index (χ0v) is 14.2. The molecule has 2 atom stereocenters. The normalized spacial score (nSPS) is 22.9. The Kier molecular flexibility index (Phi) is 3.97. The van der Waals surface area contributed by atoms with Crippen LogP contribution in [-0.4, -0.2) is 22.5 Å². The van der Waals surface area contributed by atoms with Gasteiger partial charge in [-0.15, -0.1) is 0 Å². The Hall–Kier alpha value is -2.00. The number of halogens is 1. The van der Waals surface area contributed by atoms with Gasteiger partial charge in [0.1, 0.15) is 5.75 Å². The number of hydrogen-bond donors (Lipinski definition) is 1. The first kappa shape index (κ1) is 15.5. The summed E-state index contributed by atoms with van der Waals surface area (Å²) >= 11 is 6.20. The molecule has 4 heteroatoms. The molecule has 2 aromatic carbocycles. The zero-order valence-electron chi connectivity index (χ0n) is 13.4. The Morgan fingerprint density at radius 1 is 1.12 bits per heavy atom. The lowest BCUT2D eigenvalue weighted by Gasteiger charge is -2.25. The fraction of sp³-hybridized carbons (Fsp3) is 0.350. The van der Waals surface area contributed by atoms with Crippen molar-refractivity contribution in [3.05, 3.63) is 64.2 Å². The molecule has 1 aliphatic heterocycles. The minimum atomic E-state index is -0.0939. The maximum atomic E-state index is 12.9. The molecular weight excluding hydrogens is 322 g/mol. The number of phenols is 1. The van der Waals surface area contributed by atoms with Crippen molar-refractivity contribution in [1.82, 2.24) is 4.90 Å². The van der Waals surface area contributed by atoms with Gasteiger partial charge in [-0.2, -0.15) is 0 Å². The molecule has 1 aliphatic carbocycles. The van der Waals surface area contributed by atoms with E-state index in [1.54, 1.807) is 18.2 Å². The molecule has 0 radical (unpaired) electrons. The van der Waals surface area contributed by atoms with E-state index in [1.807, 2.05) is 4.90 Å². The minimum absolute atomic E-state index is 0.0939. The molecule has 0 aromatic heterocycles. The number of fused-ring (bicyclic) bond motifs is 1. The average Bonchev–Trinajstić information content (AvgIpc) is 3.15. The summed E-state index contributed by atoms with van der Waals surface area (Å²) in [7, 11) is 0. The standard InChI is InChI=1S/C20H20ClNO2/c21-17-6-3-7-19(23)16(17)12-14-10-11-22(20(14)24)18-9-8-13-4-1-2-5-15(13)18/h1-7,14,18,23H,8-12H2. The van der Waals surface area contributed by atoms with Crippen LogP contribution in [0.3, 0.4) is 0 Å². The van der Waals surface area contributed by atoms with Gasteiger partial charge in [-0.1, -0.05) is 41.9 Å². The monoisotopic (exact) mass is 341 g/mol. The van der Waals surface area contributed by atoms with Crippen molar-refractivity contribution < 1.29 is 9.90 Å². The predicted octanol–water partition coefficient (Wildman–Crippen LogP) is 4.12. The van der Waals surface area contributed by atoms with E-state index in [4.69, 9.17) is 11.6 Å². The number of aryl methyl sites for hydroxylation is 1. The quantitative estimate of drug-likeness (QED) is 0.912. The lowest BCUT2D eigenvalue weighted by molar-refractivity contribution is -0.133. The predicted molar refractivity (Wildman–Crippen MR) is 94.1 cm³/mol. The van der Waals surface area contributed by atoms with E-state index in [1.165, 1.54) is 11.1 Å². The molecule has 1 amide bonds. The molecule has 1 heterocycles. The van der Waals surface area contributed by atoms with Crippen molar-refractivity contribution in [2.45, 2.75) is 31.7 Å². The summed E-state index contributed by atoms with van der Waals surface area (Å²) in [6.45, 7) is 0.785. The molecule has 2 unspecified atom stereocenters. The molecule has 3 nitrogen and oxygen atoms in total. The van der Waals surface area contributed by atoms with Crippen LogP contribution >= 0.6 is 11.6 Å². The maximum absolute atomic E-state index is 12.9. The van der Waals surface area contributed by atoms with Crippen molar-refractivity contribution in [2.24, 2.45) is 5.92 Å². The van der Waals surface area contributed by atoms with Crippen molar-refractivity contribution in [2.75, 3.05) is 6.54 Å². The van der Waals surface area contributed by atoms with Crippen molar-refractivity contribution in [1.29, 1.82) is 0 Å². The lowest BCUT2D eigenvalue weighted by atomic mass is 9.97. The minimum Gasteiger partial charge on any atom is -0.508 e. The Balaban J connectivity index is 1.53. The third-order valence-electron chi connectivity index (χ3n) is 5.37. The summed E-state index contributed by atoms with van der Waals surface area (Å²) < 4.78 is 0. The van der Waals surface area contributed by atoms with Gasteiger partial charge in [0.15, 0.2) is 0 Å². The van der Waals surface area contributed by atoms with Crippen LogP contribution in [0, 0.1) is 5.92 Å². The summed E-state index contributed by atoms with van der Waals surface area (Å²) in [5.41, 5.74) is 3.35. The highest BCUT2D eigenvalue weighted by Gasteiger charge is 2.39. The molecule has 0 saturated carbocycles. The van der Waals surface area contributed by atoms with Crippen LogP contribution in [0.25, 0.3) is 0 Å². The summed E-state index contributed by atoms with van der Waals surface area (Å²) in [6.07, 6.45) is 3.38. The molecule has 1 saturated heterocycles. The van der Waals surface area contributed by atoms with Crippen molar-refractivity contribution in [3.63, 3.8) is 0 Å². The maximum Gasteiger partial charge on any atom is 0.226 e. The largest absolute Gasteiger partial charge is 0.508 e. The number of aromatic hydroxyl groups is 1. The van der Waals surface area contributed by atoms with Gasteiger partial charge in [-0.3, -0.25) is 4.79 Å². The molecule has 2 aromatic rings. The Morgan fingerprint density at radius 3 is 2.79 bits per heavy atom. The zero-order chi connectivity index (χ0) is 16.7. The van der Waals surface area contributed by atoms with Crippen LogP contribution < -0.4 is 0 Å². The number of benzene rings is 2. The lowest BCUT2D eigenvalue weighted by Crippen LogP contribution is -2.31. The number of amides is 1. The van der Waals surface area contributed by atoms with E-state index in [2.05, 4.69) is 24.3 Å². The second-order valence-electron chi connectivity index (χ2n) is 6.71. The number of nitrogens with zero attached hydrogens (tertiary/aromatic N) is 1. The van der Waals surface area contributed by atoms with Gasteiger partial charge in [0, 0.05) is 23.0 Å². The molecular formula is C20H20ClNO2. The van der Waals surface area contributed by atoms with Gasteiger partial charge in [-0.05, 0) is 48.9 Å². The highest BCUT2D eigenvalue weighted by molar-refractivity contribution is 6.31. The molecule has 1 fully saturated rings. The topological polar surface area (TPSA) is 40.5 Å². The summed E-state index contributed by atoms with van der Waals surface area (Å²) in [5, 5.41) is 10.6. The Bertz CT molecular complexity index is 769. The number of rotatable bonds is 3. The van der Waals surface area contributed by atoms with Gasteiger partial charge < -0.3 is 10.0 Å². The summed E-state index contributed by atoms with van der Waals surface area (Å²) in [4.78, 5) is 15.0. The van der Waals surface area contributed by atoms with Crippen LogP contribution in [0.1, 0.15) is 35.6 Å². The van der Waals surface area contributed by atoms with Gasteiger partial charge in [-0.25, -0.2) is 0 Å². The third kappa shape index (κ3) is 2.57. The van der Waals surface area contributed by atoms with E-state index < -0.39 is 0 Å². The van der Waals surface area contributed by atoms with E-state index in [0.717, 1.165) is 25.8 Å². The smallest absolute Gasteiger partial charge is 0.226 e. The number of likely N-dealkylation sites (tertiary alicyclic amines) is 1. The number of phenolic OH excluding ortho intramolecular Hbond substituents is 1. The molecule has 124 valence electrons. The molecule has 1 N–H and O–H groups in total. The molecule has 24 heavy (non-hydrogen) atoms. The number of carbonyl (C=O) groups excluding carboxylic acids is 1. The van der Waals surface area contributed by atoms with Crippen LogP contribution in [0.2, 0.25) is 5.02 Å². The van der Waals surface area contributed by atoms with E-state index in [-0.39, 0.29) is 23.6 Å². The molecule has 0 bridgehead atoms. The van der Waals surface area contributed by atoms with Gasteiger partial charge in [0.25, 0.3) is 0 Å². The molecule has 2 aliphatic rings. The Morgan fingerprint density at radius 2 is 1.96 bits per heavy atom. The second-order valence-corrected chi connectivity index (χ2v) is 7.12. The first-order valence-corrected chi connectivity index (χ1v) is 8.87. The molecule has 4 rings (SSSR count). The van der Waals surface area contributed by atoms with Crippen LogP contribution in [-0.2, 0) is 17.6 Å². The fourth-order valence-corrected chi connectivity index (χ4v) is 4.36. The Labute approximate surface area is 146 Å². The fourth-order valence-electron chi connectivity index (χ4n) is 4.12. The third-order valence-corrected chi connectivity index (χ3v) is 5.73. The van der Waals surface area contributed by atoms with E-state index >= 15 is 0 Å². The SMILES string of the molecule is O=C1C(Cc2c(O)cccc2Cl)CCN1C1CCc2ccccc21.